The maximum atomic E-state index is 12.5. The van der Waals surface area contributed by atoms with E-state index in [9.17, 15) is 4.79 Å². The number of fused-ring (bicyclic) bond motifs is 2. The van der Waals surface area contributed by atoms with E-state index in [2.05, 4.69) is 53.4 Å². The number of hydrogen-bond acceptors (Lipinski definition) is 9. The number of pyridine rings is 1. The van der Waals surface area contributed by atoms with Gasteiger partial charge in [-0.2, -0.15) is 19.6 Å². The minimum Gasteiger partial charge on any atom is -0.350 e. The van der Waals surface area contributed by atoms with Gasteiger partial charge in [-0.1, -0.05) is 62.4 Å². The number of nitrogens with zero attached hydrogens (tertiary/aromatic N) is 7. The van der Waals surface area contributed by atoms with Crippen molar-refractivity contribution in [3.8, 4) is 11.3 Å². The molecule has 238 valence electrons. The number of rotatable bonds is 11. The third-order valence-electron chi connectivity index (χ3n) is 8.52. The predicted octanol–water partition coefficient (Wildman–Crippen LogP) is 5.23. The molecular formula is C36H43N9O. The summed E-state index contributed by atoms with van der Waals surface area (Å²) in [7, 11) is 3.97. The summed E-state index contributed by atoms with van der Waals surface area (Å²) in [6.07, 6.45) is 9.52. The van der Waals surface area contributed by atoms with Crippen LogP contribution in [-0.4, -0.2) is 75.0 Å². The topological polar surface area (TPSA) is 118 Å². The van der Waals surface area contributed by atoms with Crippen LogP contribution in [0, 0.1) is 0 Å². The molecule has 0 atom stereocenters. The van der Waals surface area contributed by atoms with Crippen LogP contribution < -0.4 is 16.0 Å². The van der Waals surface area contributed by atoms with Crippen molar-refractivity contribution in [2.75, 3.05) is 43.9 Å². The maximum absolute atomic E-state index is 12.5. The smallest absolute Gasteiger partial charge is 0.230 e. The molecule has 0 saturated carbocycles. The van der Waals surface area contributed by atoms with Gasteiger partial charge in [-0.15, -0.1) is 0 Å². The van der Waals surface area contributed by atoms with Gasteiger partial charge in [-0.25, -0.2) is 0 Å². The van der Waals surface area contributed by atoms with E-state index >= 15 is 0 Å². The summed E-state index contributed by atoms with van der Waals surface area (Å²) in [6.45, 7) is 7.24. The van der Waals surface area contributed by atoms with Gasteiger partial charge in [0.1, 0.15) is 0 Å². The first-order chi connectivity index (χ1) is 22.3. The SMILES string of the molecule is CC(C)c1cnn2c(NCc3ccccc3-c3nccc4cc(CC(=O)/C=C/CN(C)C)ccc34)nc(N3CCC(N)CC3)nc12. The van der Waals surface area contributed by atoms with Crippen molar-refractivity contribution in [3.05, 3.63) is 89.8 Å². The molecule has 1 saturated heterocycles. The van der Waals surface area contributed by atoms with Gasteiger partial charge in [0, 0.05) is 61.4 Å². The zero-order valence-corrected chi connectivity index (χ0v) is 27.1. The molecule has 5 aromatic rings. The first kappa shape index (κ1) is 31.3. The molecule has 3 N–H and O–H groups in total. The second-order valence-corrected chi connectivity index (χ2v) is 12.7. The van der Waals surface area contributed by atoms with Crippen LogP contribution in [0.3, 0.4) is 0 Å². The van der Waals surface area contributed by atoms with Crippen molar-refractivity contribution in [2.24, 2.45) is 5.73 Å². The molecule has 46 heavy (non-hydrogen) atoms. The normalized spacial score (nSPS) is 14.4. The number of nitrogens with two attached hydrogens (primary N) is 1. The fraction of sp³-hybridized carbons (Fsp3) is 0.361. The number of likely N-dealkylation sites (N-methyl/N-ethyl adjacent to an activating group) is 1. The van der Waals surface area contributed by atoms with E-state index in [-0.39, 0.29) is 17.7 Å². The van der Waals surface area contributed by atoms with Crippen LogP contribution >= 0.6 is 0 Å². The summed E-state index contributed by atoms with van der Waals surface area (Å²) in [5, 5.41) is 10.3. The van der Waals surface area contributed by atoms with Crippen LogP contribution in [0.4, 0.5) is 11.9 Å². The summed E-state index contributed by atoms with van der Waals surface area (Å²) in [5.74, 6) is 1.72. The summed E-state index contributed by atoms with van der Waals surface area (Å²) in [6, 6.07) is 16.7. The average Bonchev–Trinajstić information content (AvgIpc) is 3.48. The minimum atomic E-state index is 0.0930. The van der Waals surface area contributed by atoms with Gasteiger partial charge < -0.3 is 20.9 Å². The standard InChI is InChI=1S/C36H43N9O/c1-24(2)32-23-40-45-34(32)41-36(44-18-14-28(37)15-19-44)42-35(45)39-22-27-8-5-6-10-30(27)33-31-12-11-25(20-26(31)13-16-38-33)21-29(46)9-7-17-43(3)4/h5-13,16,20,23-24,28H,14-15,17-19,21-22,37H2,1-4H3,(H,39,41,42)/b9-7+. The lowest BCUT2D eigenvalue weighted by molar-refractivity contribution is -0.114. The molecule has 0 radical (unpaired) electrons. The number of ketones is 1. The van der Waals surface area contributed by atoms with Crippen molar-refractivity contribution in [3.63, 3.8) is 0 Å². The second kappa shape index (κ2) is 13.8. The number of hydrogen-bond donors (Lipinski definition) is 2. The Morgan fingerprint density at radius 2 is 1.91 bits per heavy atom. The molecule has 4 heterocycles. The van der Waals surface area contributed by atoms with Gasteiger partial charge in [-0.05, 0) is 61.5 Å². The molecule has 3 aromatic heterocycles. The fourth-order valence-corrected chi connectivity index (χ4v) is 5.93. The molecule has 0 spiro atoms. The highest BCUT2D eigenvalue weighted by molar-refractivity contribution is 5.97. The van der Waals surface area contributed by atoms with Crippen molar-refractivity contribution in [1.82, 2.24) is 29.5 Å². The monoisotopic (exact) mass is 617 g/mol. The Bertz CT molecular complexity index is 1870. The van der Waals surface area contributed by atoms with E-state index < -0.39 is 0 Å². The first-order valence-electron chi connectivity index (χ1n) is 16.1. The molecule has 6 rings (SSSR count). The highest BCUT2D eigenvalue weighted by Gasteiger charge is 2.22. The number of benzene rings is 2. The van der Waals surface area contributed by atoms with Crippen LogP contribution in [-0.2, 0) is 17.8 Å². The van der Waals surface area contributed by atoms with Gasteiger partial charge >= 0.3 is 0 Å². The molecule has 1 aliphatic rings. The Kier molecular flexibility index (Phi) is 9.37. The molecule has 0 bridgehead atoms. The second-order valence-electron chi connectivity index (χ2n) is 12.7. The van der Waals surface area contributed by atoms with Crippen molar-refractivity contribution >= 4 is 34.1 Å². The van der Waals surface area contributed by atoms with Crippen LogP contribution in [0.5, 0.6) is 0 Å². The zero-order valence-electron chi connectivity index (χ0n) is 27.1. The molecule has 1 fully saturated rings. The third-order valence-corrected chi connectivity index (χ3v) is 8.52. The number of piperidine rings is 1. The lowest BCUT2D eigenvalue weighted by Gasteiger charge is -2.30. The summed E-state index contributed by atoms with van der Waals surface area (Å²) in [5.41, 5.74) is 12.1. The van der Waals surface area contributed by atoms with Crippen LogP contribution in [0.1, 0.15) is 49.3 Å². The number of nitrogens with one attached hydrogen (secondary N) is 1. The zero-order chi connectivity index (χ0) is 32.2. The Hall–Kier alpha value is -4.67. The Balaban J connectivity index is 1.28. The number of carbonyl (C=O) groups excluding carboxylic acids is 1. The van der Waals surface area contributed by atoms with Crippen LogP contribution in [0.2, 0.25) is 0 Å². The number of anilines is 2. The summed E-state index contributed by atoms with van der Waals surface area (Å²) < 4.78 is 1.81. The van der Waals surface area contributed by atoms with Gasteiger partial charge in [0.2, 0.25) is 11.9 Å². The molecular weight excluding hydrogens is 574 g/mol. The average molecular weight is 618 g/mol. The Morgan fingerprint density at radius 3 is 2.70 bits per heavy atom. The van der Waals surface area contributed by atoms with Crippen LogP contribution in [0.25, 0.3) is 27.7 Å². The van der Waals surface area contributed by atoms with E-state index in [0.717, 1.165) is 76.8 Å². The lowest BCUT2D eigenvalue weighted by Crippen LogP contribution is -2.40. The number of allylic oxidation sites excluding steroid dienone is 1. The summed E-state index contributed by atoms with van der Waals surface area (Å²) in [4.78, 5) is 31.5. The Morgan fingerprint density at radius 1 is 1.11 bits per heavy atom. The van der Waals surface area contributed by atoms with E-state index in [0.29, 0.717) is 24.9 Å². The lowest BCUT2D eigenvalue weighted by atomic mass is 9.97. The fourth-order valence-electron chi connectivity index (χ4n) is 5.93. The Labute approximate surface area is 270 Å². The van der Waals surface area contributed by atoms with E-state index in [1.54, 1.807) is 6.08 Å². The van der Waals surface area contributed by atoms with E-state index in [1.807, 2.05) is 66.2 Å². The number of carbonyl (C=O) groups is 1. The maximum Gasteiger partial charge on any atom is 0.230 e. The van der Waals surface area contributed by atoms with Gasteiger partial charge in [0.15, 0.2) is 11.4 Å². The first-order valence-corrected chi connectivity index (χ1v) is 16.1. The van der Waals surface area contributed by atoms with Crippen molar-refractivity contribution in [1.29, 1.82) is 0 Å². The molecule has 0 aliphatic carbocycles. The molecule has 0 unspecified atom stereocenters. The quantitative estimate of drug-likeness (QED) is 0.192. The van der Waals surface area contributed by atoms with Gasteiger partial charge in [0.05, 0.1) is 11.9 Å². The van der Waals surface area contributed by atoms with Crippen LogP contribution in [0.15, 0.2) is 73.1 Å². The predicted molar refractivity (Wildman–Crippen MR) is 185 cm³/mol. The van der Waals surface area contributed by atoms with Crippen molar-refractivity contribution in [2.45, 2.75) is 51.6 Å². The highest BCUT2D eigenvalue weighted by Crippen LogP contribution is 2.31. The summed E-state index contributed by atoms with van der Waals surface area (Å²) >= 11 is 0. The minimum absolute atomic E-state index is 0.0930. The largest absolute Gasteiger partial charge is 0.350 e. The highest BCUT2D eigenvalue weighted by atomic mass is 16.1. The van der Waals surface area contributed by atoms with E-state index in [1.165, 1.54) is 0 Å². The third kappa shape index (κ3) is 6.93. The molecule has 1 aliphatic heterocycles. The molecule has 2 aromatic carbocycles. The van der Waals surface area contributed by atoms with Gasteiger partial charge in [-0.3, -0.25) is 9.78 Å². The van der Waals surface area contributed by atoms with Crippen molar-refractivity contribution < 1.29 is 4.79 Å². The van der Waals surface area contributed by atoms with Gasteiger partial charge in [0.25, 0.3) is 0 Å². The number of aromatic nitrogens is 5. The molecule has 10 nitrogen and oxygen atoms in total. The van der Waals surface area contributed by atoms with E-state index in [4.69, 9.17) is 20.7 Å². The molecule has 0 amide bonds. The molecule has 10 heteroatoms.